The number of nitrogens with one attached hydrogen (secondary N) is 1. The molecule has 1 saturated carbocycles. The molecule has 26 heavy (non-hydrogen) atoms. The highest BCUT2D eigenvalue weighted by Gasteiger charge is 2.35. The summed E-state index contributed by atoms with van der Waals surface area (Å²) < 4.78 is 5.13. The minimum absolute atomic E-state index is 0.00415. The third-order valence-electron chi connectivity index (χ3n) is 4.59. The van der Waals surface area contributed by atoms with Crippen LogP contribution in [0.1, 0.15) is 52.0 Å². The van der Waals surface area contributed by atoms with Crippen LogP contribution < -0.4 is 10.1 Å². The molecule has 1 aromatic rings. The Morgan fingerprint density at radius 3 is 2.50 bits per heavy atom. The van der Waals surface area contributed by atoms with E-state index < -0.39 is 11.6 Å². The molecule has 0 aromatic carbocycles. The lowest BCUT2D eigenvalue weighted by Crippen LogP contribution is -2.52. The van der Waals surface area contributed by atoms with E-state index in [1.54, 1.807) is 4.90 Å². The number of carbonyl (C=O) groups is 1. The second kappa shape index (κ2) is 8.00. The summed E-state index contributed by atoms with van der Waals surface area (Å²) in [5, 5.41) is 22.3. The monoisotopic (exact) mass is 380 g/mol. The summed E-state index contributed by atoms with van der Waals surface area (Å²) in [6.07, 6.45) is 2.28. The lowest BCUT2D eigenvalue weighted by molar-refractivity contribution is 0.0556. The van der Waals surface area contributed by atoms with Crippen molar-refractivity contribution in [2.24, 2.45) is 0 Å². The number of hydrogen-bond donors (Lipinski definition) is 2. The zero-order chi connectivity index (χ0) is 19.5. The van der Waals surface area contributed by atoms with Gasteiger partial charge in [-0.05, 0) is 52.5 Å². The average molecular weight is 381 g/mol. The molecule has 8 heteroatoms. The van der Waals surface area contributed by atoms with Gasteiger partial charge >= 0.3 is 6.09 Å². The first-order valence-electron chi connectivity index (χ1n) is 8.60. The first kappa shape index (κ1) is 20.1. The molecule has 0 aliphatic heterocycles. The molecule has 0 spiro atoms. The summed E-state index contributed by atoms with van der Waals surface area (Å²) in [4.78, 5) is 17.5. The van der Waals surface area contributed by atoms with Crippen molar-refractivity contribution in [1.29, 1.82) is 5.26 Å². The molecular weight excluding hydrogens is 356 g/mol. The molecule has 142 valence electrons. The van der Waals surface area contributed by atoms with Crippen LogP contribution in [0.25, 0.3) is 0 Å². The van der Waals surface area contributed by atoms with E-state index in [9.17, 15) is 9.90 Å². The standard InChI is InChI=1S/C18H25ClN4O3/c1-18(2,3)23(17(24)25)13-7-5-12(6-8-13)21-15-14(19)9-11(10-20)16(22-15)26-4/h9,12-13H,5-8H2,1-4H3,(H,21,22)(H,24,25)/t12-,13-. The fourth-order valence-electron chi connectivity index (χ4n) is 3.47. The molecule has 1 amide bonds. The Balaban J connectivity index is 2.05. The van der Waals surface area contributed by atoms with E-state index in [0.717, 1.165) is 25.7 Å². The van der Waals surface area contributed by atoms with Crippen LogP contribution >= 0.6 is 11.6 Å². The Morgan fingerprint density at radius 1 is 1.42 bits per heavy atom. The first-order chi connectivity index (χ1) is 12.2. The number of nitriles is 1. The van der Waals surface area contributed by atoms with Crippen molar-refractivity contribution in [1.82, 2.24) is 9.88 Å². The number of hydrogen-bond acceptors (Lipinski definition) is 5. The molecule has 1 heterocycles. The van der Waals surface area contributed by atoms with Gasteiger partial charge in [0, 0.05) is 17.6 Å². The number of methoxy groups -OCH3 is 1. The average Bonchev–Trinajstić information content (AvgIpc) is 2.56. The molecule has 7 nitrogen and oxygen atoms in total. The molecule has 0 radical (unpaired) electrons. The lowest BCUT2D eigenvalue weighted by atomic mass is 9.88. The van der Waals surface area contributed by atoms with Gasteiger partial charge < -0.3 is 20.1 Å². The van der Waals surface area contributed by atoms with Crippen molar-refractivity contribution in [3.8, 4) is 11.9 Å². The van der Waals surface area contributed by atoms with E-state index >= 15 is 0 Å². The van der Waals surface area contributed by atoms with Gasteiger partial charge in [0.1, 0.15) is 17.5 Å². The lowest BCUT2D eigenvalue weighted by Gasteiger charge is -2.42. The molecule has 2 N–H and O–H groups in total. The summed E-state index contributed by atoms with van der Waals surface area (Å²) in [5.41, 5.74) is -0.142. The summed E-state index contributed by atoms with van der Waals surface area (Å²) in [5.74, 6) is 0.717. The minimum atomic E-state index is -0.879. The number of rotatable bonds is 4. The van der Waals surface area contributed by atoms with E-state index in [2.05, 4.69) is 10.3 Å². The largest absolute Gasteiger partial charge is 0.480 e. The Kier molecular flexibility index (Phi) is 6.19. The molecule has 0 bridgehead atoms. The van der Waals surface area contributed by atoms with Gasteiger partial charge in [0.05, 0.1) is 12.1 Å². The van der Waals surface area contributed by atoms with Gasteiger partial charge in [-0.15, -0.1) is 0 Å². The molecule has 2 rings (SSSR count). The topological polar surface area (TPSA) is 98.5 Å². The maximum Gasteiger partial charge on any atom is 0.407 e. The third-order valence-corrected chi connectivity index (χ3v) is 4.87. The number of carboxylic acid groups (broad SMARTS) is 1. The van der Waals surface area contributed by atoms with Crippen LogP contribution in [0.2, 0.25) is 5.02 Å². The SMILES string of the molecule is COc1nc(N[C@H]2CC[C@H](N(C(=O)O)C(C)(C)C)CC2)c(Cl)cc1C#N. The minimum Gasteiger partial charge on any atom is -0.480 e. The van der Waals surface area contributed by atoms with Gasteiger partial charge in [-0.3, -0.25) is 0 Å². The predicted molar refractivity (Wildman–Crippen MR) is 99.8 cm³/mol. The summed E-state index contributed by atoms with van der Waals surface area (Å²) in [7, 11) is 1.46. The van der Waals surface area contributed by atoms with Crippen LogP contribution in [-0.4, -0.2) is 45.8 Å². The van der Waals surface area contributed by atoms with Gasteiger partial charge in [-0.25, -0.2) is 4.79 Å². The molecule has 1 fully saturated rings. The van der Waals surface area contributed by atoms with Gasteiger partial charge in [0.25, 0.3) is 0 Å². The fourth-order valence-corrected chi connectivity index (χ4v) is 3.68. The summed E-state index contributed by atoms with van der Waals surface area (Å²) in [6, 6.07) is 3.68. The number of nitrogens with zero attached hydrogens (tertiary/aromatic N) is 3. The Bertz CT molecular complexity index is 704. The van der Waals surface area contributed by atoms with Crippen molar-refractivity contribution >= 4 is 23.5 Å². The van der Waals surface area contributed by atoms with Crippen LogP contribution in [0.5, 0.6) is 5.88 Å². The zero-order valence-corrected chi connectivity index (χ0v) is 16.3. The third kappa shape index (κ3) is 4.50. The zero-order valence-electron chi connectivity index (χ0n) is 15.5. The molecule has 1 aliphatic carbocycles. The highest BCUT2D eigenvalue weighted by molar-refractivity contribution is 6.33. The molecular formula is C18H25ClN4O3. The number of amides is 1. The highest BCUT2D eigenvalue weighted by atomic mass is 35.5. The van der Waals surface area contributed by atoms with E-state index in [1.165, 1.54) is 13.2 Å². The second-order valence-electron chi connectivity index (χ2n) is 7.46. The maximum absolute atomic E-state index is 11.6. The van der Waals surface area contributed by atoms with Crippen molar-refractivity contribution in [2.75, 3.05) is 12.4 Å². The number of ether oxygens (including phenoxy) is 1. The molecule has 0 atom stereocenters. The van der Waals surface area contributed by atoms with Crippen LogP contribution in [0.4, 0.5) is 10.6 Å². The van der Waals surface area contributed by atoms with Crippen LogP contribution in [0.15, 0.2) is 6.07 Å². The van der Waals surface area contributed by atoms with Crippen LogP contribution in [-0.2, 0) is 0 Å². The van der Waals surface area contributed by atoms with Gasteiger partial charge in [0.15, 0.2) is 0 Å². The Labute approximate surface area is 158 Å². The van der Waals surface area contributed by atoms with E-state index in [1.807, 2.05) is 26.8 Å². The van der Waals surface area contributed by atoms with Gasteiger partial charge in [-0.1, -0.05) is 11.6 Å². The number of pyridine rings is 1. The van der Waals surface area contributed by atoms with Crippen LogP contribution in [0.3, 0.4) is 0 Å². The van der Waals surface area contributed by atoms with E-state index in [4.69, 9.17) is 21.6 Å². The molecule has 1 aromatic heterocycles. The molecule has 0 unspecified atom stereocenters. The number of anilines is 1. The van der Waals surface area contributed by atoms with Crippen molar-refractivity contribution < 1.29 is 14.6 Å². The quantitative estimate of drug-likeness (QED) is 0.815. The number of aromatic nitrogens is 1. The van der Waals surface area contributed by atoms with E-state index in [-0.39, 0.29) is 23.5 Å². The maximum atomic E-state index is 11.6. The fraction of sp³-hybridized carbons (Fsp3) is 0.611. The van der Waals surface area contributed by atoms with Crippen molar-refractivity contribution in [3.63, 3.8) is 0 Å². The molecule has 0 saturated heterocycles. The van der Waals surface area contributed by atoms with Crippen molar-refractivity contribution in [2.45, 2.75) is 64.1 Å². The van der Waals surface area contributed by atoms with E-state index in [0.29, 0.717) is 10.8 Å². The summed E-state index contributed by atoms with van der Waals surface area (Å²) in [6.45, 7) is 5.74. The highest BCUT2D eigenvalue weighted by Crippen LogP contribution is 2.32. The second-order valence-corrected chi connectivity index (χ2v) is 7.87. The van der Waals surface area contributed by atoms with Crippen molar-refractivity contribution in [3.05, 3.63) is 16.7 Å². The number of halogens is 1. The first-order valence-corrected chi connectivity index (χ1v) is 8.98. The summed E-state index contributed by atoms with van der Waals surface area (Å²) >= 11 is 6.22. The Morgan fingerprint density at radius 2 is 2.04 bits per heavy atom. The predicted octanol–water partition coefficient (Wildman–Crippen LogP) is 4.12. The van der Waals surface area contributed by atoms with Crippen LogP contribution in [0, 0.1) is 11.3 Å². The normalized spacial score (nSPS) is 20.2. The molecule has 1 aliphatic rings. The Hall–Kier alpha value is -2.20. The van der Waals surface area contributed by atoms with Gasteiger partial charge in [-0.2, -0.15) is 10.2 Å². The smallest absolute Gasteiger partial charge is 0.407 e. The van der Waals surface area contributed by atoms with Gasteiger partial charge in [0.2, 0.25) is 5.88 Å².